The first-order valence-corrected chi connectivity index (χ1v) is 4.11. The van der Waals surface area contributed by atoms with Gasteiger partial charge in [0.25, 0.3) is 0 Å². The molecule has 0 aliphatic rings. The minimum atomic E-state index is -1.03. The van der Waals surface area contributed by atoms with E-state index in [1.165, 1.54) is 23.4 Å². The van der Waals surface area contributed by atoms with Crippen molar-refractivity contribution in [2.45, 2.75) is 0 Å². The second-order valence-electron chi connectivity index (χ2n) is 2.17. The minimum Gasteiger partial charge on any atom is -0.478 e. The van der Waals surface area contributed by atoms with Crippen molar-refractivity contribution in [3.05, 3.63) is 24.2 Å². The van der Waals surface area contributed by atoms with Crippen LogP contribution in [0, 0.1) is 0 Å². The van der Waals surface area contributed by atoms with Crippen molar-refractivity contribution in [3.8, 4) is 5.00 Å². The largest absolute Gasteiger partial charge is 0.478 e. The highest BCUT2D eigenvalue weighted by atomic mass is 32.1. The predicted molar refractivity (Wildman–Crippen MR) is 44.0 cm³/mol. The maximum Gasteiger partial charge on any atom is 0.340 e. The topological polar surface area (TPSA) is 80.9 Å². The Morgan fingerprint density at radius 1 is 1.46 bits per heavy atom. The van der Waals surface area contributed by atoms with Crippen molar-refractivity contribution in [2.24, 2.45) is 0 Å². The molecular formula is C6H4N4O2S. The monoisotopic (exact) mass is 196 g/mol. The van der Waals surface area contributed by atoms with Crippen LogP contribution < -0.4 is 0 Å². The Bertz CT molecular complexity index is 422. The molecule has 0 aromatic carbocycles. The number of carboxylic acids is 1. The molecule has 0 atom stereocenters. The molecule has 0 bridgehead atoms. The van der Waals surface area contributed by atoms with E-state index in [2.05, 4.69) is 14.6 Å². The fourth-order valence-electron chi connectivity index (χ4n) is 0.845. The van der Waals surface area contributed by atoms with E-state index >= 15 is 0 Å². The summed E-state index contributed by atoms with van der Waals surface area (Å²) >= 11 is 1.04. The van der Waals surface area contributed by atoms with Crippen molar-refractivity contribution in [2.75, 3.05) is 0 Å². The number of hydrogen-bond donors (Lipinski definition) is 1. The summed E-state index contributed by atoms with van der Waals surface area (Å²) < 4.78 is 3.76. The summed E-state index contributed by atoms with van der Waals surface area (Å²) in [6.07, 6.45) is 4.24. The van der Waals surface area contributed by atoms with Gasteiger partial charge in [-0.05, 0) is 11.5 Å². The van der Waals surface area contributed by atoms with Crippen LogP contribution in [0.15, 0.2) is 18.6 Å². The summed E-state index contributed by atoms with van der Waals surface area (Å²) in [4.78, 5) is 11.9. The molecular weight excluding hydrogens is 192 g/mol. The summed E-state index contributed by atoms with van der Waals surface area (Å²) in [5.41, 5.74) is 0.112. The summed E-state index contributed by atoms with van der Waals surface area (Å²) in [5, 5.41) is 16.8. The van der Waals surface area contributed by atoms with E-state index in [1.807, 2.05) is 0 Å². The maximum atomic E-state index is 10.7. The maximum absolute atomic E-state index is 10.7. The van der Waals surface area contributed by atoms with Crippen molar-refractivity contribution in [3.63, 3.8) is 0 Å². The molecule has 0 amide bonds. The van der Waals surface area contributed by atoms with Crippen molar-refractivity contribution < 1.29 is 9.90 Å². The van der Waals surface area contributed by atoms with Gasteiger partial charge in [0.2, 0.25) is 0 Å². The standard InChI is InChI=1S/C6H4N4O2S/c11-6(12)4-3-9-13-5(4)10-7-1-2-8-10/h1-3H,(H,11,12). The van der Waals surface area contributed by atoms with Crippen LogP contribution in [0.1, 0.15) is 10.4 Å². The lowest BCUT2D eigenvalue weighted by Gasteiger charge is -1.94. The smallest absolute Gasteiger partial charge is 0.340 e. The molecule has 1 N–H and O–H groups in total. The Morgan fingerprint density at radius 2 is 2.15 bits per heavy atom. The number of nitrogens with zero attached hydrogens (tertiary/aromatic N) is 4. The molecule has 0 spiro atoms. The van der Waals surface area contributed by atoms with E-state index in [0.717, 1.165) is 11.5 Å². The van der Waals surface area contributed by atoms with Crippen LogP contribution >= 0.6 is 11.5 Å². The molecule has 0 radical (unpaired) electrons. The highest BCUT2D eigenvalue weighted by Gasteiger charge is 2.15. The molecule has 13 heavy (non-hydrogen) atoms. The van der Waals surface area contributed by atoms with Crippen LogP contribution in [0.4, 0.5) is 0 Å². The van der Waals surface area contributed by atoms with Crippen molar-refractivity contribution in [1.29, 1.82) is 0 Å². The zero-order valence-corrected chi connectivity index (χ0v) is 7.10. The van der Waals surface area contributed by atoms with Gasteiger partial charge in [-0.2, -0.15) is 14.6 Å². The normalized spacial score (nSPS) is 10.2. The summed E-state index contributed by atoms with van der Waals surface area (Å²) in [6.45, 7) is 0. The van der Waals surface area contributed by atoms with Gasteiger partial charge in [0.05, 0.1) is 18.6 Å². The number of rotatable bonds is 2. The Hall–Kier alpha value is -1.76. The molecule has 0 unspecified atom stereocenters. The van der Waals surface area contributed by atoms with Crippen LogP contribution in [0.25, 0.3) is 5.00 Å². The molecule has 7 heteroatoms. The molecule has 0 aliphatic carbocycles. The van der Waals surface area contributed by atoms with Gasteiger partial charge in [0.15, 0.2) is 5.00 Å². The highest BCUT2D eigenvalue weighted by molar-refractivity contribution is 7.08. The van der Waals surface area contributed by atoms with Crippen LogP contribution in [-0.2, 0) is 0 Å². The molecule has 2 aromatic heterocycles. The number of carbonyl (C=O) groups is 1. The Labute approximate surface area is 76.6 Å². The van der Waals surface area contributed by atoms with Gasteiger partial charge in [-0.15, -0.1) is 4.80 Å². The van der Waals surface area contributed by atoms with Crippen LogP contribution in [0.5, 0.6) is 0 Å². The number of aromatic nitrogens is 4. The van der Waals surface area contributed by atoms with Gasteiger partial charge in [-0.3, -0.25) is 0 Å². The fourth-order valence-corrected chi connectivity index (χ4v) is 1.51. The van der Waals surface area contributed by atoms with E-state index in [-0.39, 0.29) is 5.56 Å². The Morgan fingerprint density at radius 3 is 2.77 bits per heavy atom. The lowest BCUT2D eigenvalue weighted by Crippen LogP contribution is -2.03. The SMILES string of the molecule is O=C(O)c1cnsc1-n1nccn1. The van der Waals surface area contributed by atoms with Gasteiger partial charge in [0, 0.05) is 0 Å². The third-order valence-electron chi connectivity index (χ3n) is 1.38. The van der Waals surface area contributed by atoms with E-state index in [1.54, 1.807) is 0 Å². The third kappa shape index (κ3) is 1.29. The predicted octanol–water partition coefficient (Wildman–Crippen LogP) is 0.422. The number of carboxylic acid groups (broad SMARTS) is 1. The molecule has 2 heterocycles. The second-order valence-corrected chi connectivity index (χ2v) is 2.95. The van der Waals surface area contributed by atoms with E-state index < -0.39 is 5.97 Å². The molecule has 0 fully saturated rings. The van der Waals surface area contributed by atoms with Gasteiger partial charge >= 0.3 is 5.97 Å². The zero-order valence-electron chi connectivity index (χ0n) is 6.28. The lowest BCUT2D eigenvalue weighted by molar-refractivity contribution is 0.0697. The highest BCUT2D eigenvalue weighted by Crippen LogP contribution is 2.16. The van der Waals surface area contributed by atoms with Crippen LogP contribution in [0.2, 0.25) is 0 Å². The van der Waals surface area contributed by atoms with E-state index in [9.17, 15) is 4.79 Å². The number of aromatic carboxylic acids is 1. The van der Waals surface area contributed by atoms with Crippen LogP contribution in [0.3, 0.4) is 0 Å². The van der Waals surface area contributed by atoms with Gasteiger partial charge in [-0.25, -0.2) is 4.79 Å². The molecule has 6 nitrogen and oxygen atoms in total. The molecule has 0 saturated carbocycles. The molecule has 0 saturated heterocycles. The zero-order chi connectivity index (χ0) is 9.26. The quantitative estimate of drug-likeness (QED) is 0.752. The first-order valence-electron chi connectivity index (χ1n) is 3.33. The summed E-state index contributed by atoms with van der Waals surface area (Å²) in [7, 11) is 0. The Balaban J connectivity index is 2.52. The number of hydrogen-bond acceptors (Lipinski definition) is 5. The minimum absolute atomic E-state index is 0.112. The van der Waals surface area contributed by atoms with E-state index in [0.29, 0.717) is 5.00 Å². The molecule has 2 aromatic rings. The second kappa shape index (κ2) is 2.94. The molecule has 0 aliphatic heterocycles. The Kier molecular flexibility index (Phi) is 1.78. The summed E-state index contributed by atoms with van der Waals surface area (Å²) in [6, 6.07) is 0. The molecule has 66 valence electrons. The average molecular weight is 196 g/mol. The third-order valence-corrected chi connectivity index (χ3v) is 2.15. The van der Waals surface area contributed by atoms with Crippen LogP contribution in [-0.4, -0.2) is 30.4 Å². The van der Waals surface area contributed by atoms with Gasteiger partial charge in [0.1, 0.15) is 5.56 Å². The van der Waals surface area contributed by atoms with E-state index in [4.69, 9.17) is 5.11 Å². The fraction of sp³-hybridized carbons (Fsp3) is 0. The van der Waals surface area contributed by atoms with Gasteiger partial charge < -0.3 is 5.11 Å². The molecule has 2 rings (SSSR count). The summed E-state index contributed by atoms with van der Waals surface area (Å²) in [5.74, 6) is -1.03. The van der Waals surface area contributed by atoms with Crippen molar-refractivity contribution in [1.82, 2.24) is 19.4 Å². The average Bonchev–Trinajstić information content (AvgIpc) is 2.74. The first-order chi connectivity index (χ1) is 6.29. The van der Waals surface area contributed by atoms with Gasteiger partial charge in [-0.1, -0.05) is 0 Å². The first kappa shape index (κ1) is 7.87. The van der Waals surface area contributed by atoms with Crippen molar-refractivity contribution >= 4 is 17.5 Å². The lowest BCUT2D eigenvalue weighted by atomic mass is 10.3.